The molecule has 1 aromatic heterocycles. The van der Waals surface area contributed by atoms with Crippen LogP contribution in [0.1, 0.15) is 65.5 Å². The van der Waals surface area contributed by atoms with Gasteiger partial charge in [-0.05, 0) is 154 Å². The zero-order valence-corrected chi connectivity index (χ0v) is 41.4. The third-order valence-electron chi connectivity index (χ3n) is 18.3. The number of hydrogen-bond donors (Lipinski definition) is 0. The maximum atomic E-state index is 7.06. The summed E-state index contributed by atoms with van der Waals surface area (Å²) in [5, 5.41) is 9.83. The van der Waals surface area contributed by atoms with Gasteiger partial charge in [-0.25, -0.2) is 0 Å². The van der Waals surface area contributed by atoms with Crippen LogP contribution in [0.4, 0.5) is 17.1 Å². The minimum Gasteiger partial charge on any atom is -0.455 e. The topological polar surface area (TPSA) is 16.4 Å². The zero-order chi connectivity index (χ0) is 49.0. The Morgan fingerprint density at radius 3 is 1.44 bits per heavy atom. The van der Waals surface area contributed by atoms with E-state index in [4.69, 9.17) is 4.42 Å². The third kappa shape index (κ3) is 5.43. The standard InChI is InChI=1S/C73H49NO/c1-16-39-72(40-17-1)63-30-11-6-23-52(63)56-38-36-46(42-67(56)72)74(45-35-37-51-49-21-3-2-19-47(49)48-20-4-5-22-50(48)60(51)41-45)69-44-68-61(43-62(69)59-29-18-28-58-57-27-10-15-34-70(57)75-71(58)59)55-26-9-14-33-66(55)73(68)64-31-12-7-24-53(64)54-25-8-13-32-65(54)73/h2-15,18-38,41-44H,1,16-17,39-40H2. The molecule has 0 atom stereocenters. The van der Waals surface area contributed by atoms with Crippen LogP contribution in [0.15, 0.2) is 241 Å². The van der Waals surface area contributed by atoms with Gasteiger partial charge in [0.2, 0.25) is 0 Å². The molecule has 0 amide bonds. The van der Waals surface area contributed by atoms with Crippen molar-refractivity contribution in [1.29, 1.82) is 0 Å². The lowest BCUT2D eigenvalue weighted by atomic mass is 9.68. The SMILES string of the molecule is c1ccc2c(c1)-c1ccc(N(c3ccc4c5ccccc5c5ccccc5c4c3)c3cc4c(cc3-c3cccc5c3oc3ccccc35)-c3ccccc3C43c4ccccc4-c4ccccc43)cc1C21CCCCC1. The molecule has 1 heterocycles. The Labute approximate surface area is 435 Å². The minimum atomic E-state index is -0.548. The molecule has 2 heteroatoms. The molecule has 1 fully saturated rings. The zero-order valence-electron chi connectivity index (χ0n) is 41.4. The molecule has 0 aliphatic heterocycles. The molecule has 0 unspecified atom stereocenters. The Kier molecular flexibility index (Phi) is 8.46. The molecular formula is C73H49NO. The first-order chi connectivity index (χ1) is 37.2. The Hall–Kier alpha value is -8.98. The molecule has 0 radical (unpaired) electrons. The highest BCUT2D eigenvalue weighted by molar-refractivity contribution is 6.26. The normalized spacial score (nSPS) is 15.1. The summed E-state index contributed by atoms with van der Waals surface area (Å²) >= 11 is 0. The first-order valence-electron chi connectivity index (χ1n) is 27.0. The molecule has 75 heavy (non-hydrogen) atoms. The number of fused-ring (bicyclic) bond motifs is 24. The van der Waals surface area contributed by atoms with Crippen LogP contribution in [0, 0.1) is 0 Å². The van der Waals surface area contributed by atoms with E-state index in [0.29, 0.717) is 0 Å². The first kappa shape index (κ1) is 41.5. The number of nitrogens with zero attached hydrogens (tertiary/aromatic N) is 1. The van der Waals surface area contributed by atoms with Crippen LogP contribution in [0.2, 0.25) is 0 Å². The Bertz CT molecular complexity index is 4520. The van der Waals surface area contributed by atoms with Crippen LogP contribution in [0.25, 0.3) is 98.8 Å². The smallest absolute Gasteiger partial charge is 0.143 e. The average Bonchev–Trinajstić information content (AvgIpc) is 4.19. The number of benzene rings is 12. The predicted molar refractivity (Wildman–Crippen MR) is 312 cm³/mol. The van der Waals surface area contributed by atoms with E-state index < -0.39 is 5.41 Å². The van der Waals surface area contributed by atoms with E-state index in [1.807, 2.05) is 0 Å². The quantitative estimate of drug-likeness (QED) is 0.163. The molecule has 352 valence electrons. The van der Waals surface area contributed by atoms with E-state index in [-0.39, 0.29) is 5.41 Å². The van der Waals surface area contributed by atoms with E-state index >= 15 is 0 Å². The molecule has 0 N–H and O–H groups in total. The van der Waals surface area contributed by atoms with E-state index in [1.165, 1.54) is 118 Å². The molecule has 4 aliphatic rings. The summed E-state index contributed by atoms with van der Waals surface area (Å²) in [4.78, 5) is 2.63. The summed E-state index contributed by atoms with van der Waals surface area (Å²) in [5.41, 5.74) is 23.0. The van der Waals surface area contributed by atoms with Gasteiger partial charge in [-0.3, -0.25) is 0 Å². The second kappa shape index (κ2) is 15.3. The molecule has 2 nitrogen and oxygen atoms in total. The van der Waals surface area contributed by atoms with Gasteiger partial charge in [0.1, 0.15) is 11.2 Å². The number of para-hydroxylation sites is 2. The van der Waals surface area contributed by atoms with Crippen molar-refractivity contribution < 1.29 is 4.42 Å². The monoisotopic (exact) mass is 955 g/mol. The molecule has 1 saturated carbocycles. The Balaban J connectivity index is 1.03. The number of furan rings is 1. The van der Waals surface area contributed by atoms with Gasteiger partial charge in [-0.2, -0.15) is 0 Å². The van der Waals surface area contributed by atoms with Gasteiger partial charge in [0.25, 0.3) is 0 Å². The average molecular weight is 956 g/mol. The van der Waals surface area contributed by atoms with Crippen molar-refractivity contribution in [3.05, 3.63) is 270 Å². The van der Waals surface area contributed by atoms with Gasteiger partial charge in [0.05, 0.1) is 11.1 Å². The fourth-order valence-corrected chi connectivity index (χ4v) is 15.2. The summed E-state index contributed by atoms with van der Waals surface area (Å²) < 4.78 is 7.06. The van der Waals surface area contributed by atoms with Crippen molar-refractivity contribution >= 4 is 71.3 Å². The van der Waals surface area contributed by atoms with E-state index in [0.717, 1.165) is 63.0 Å². The summed E-state index contributed by atoms with van der Waals surface area (Å²) in [5.74, 6) is 0. The maximum absolute atomic E-state index is 7.06. The highest BCUT2D eigenvalue weighted by Crippen LogP contribution is 2.65. The largest absolute Gasteiger partial charge is 0.455 e. The fourth-order valence-electron chi connectivity index (χ4n) is 15.2. The van der Waals surface area contributed by atoms with Gasteiger partial charge < -0.3 is 9.32 Å². The molecule has 4 aliphatic carbocycles. The van der Waals surface area contributed by atoms with Crippen molar-refractivity contribution in [2.75, 3.05) is 4.90 Å². The lowest BCUT2D eigenvalue weighted by Gasteiger charge is -2.37. The van der Waals surface area contributed by atoms with Gasteiger partial charge in [0, 0.05) is 38.7 Å². The van der Waals surface area contributed by atoms with Gasteiger partial charge in [-0.15, -0.1) is 0 Å². The van der Waals surface area contributed by atoms with Crippen LogP contribution >= 0.6 is 0 Å². The number of anilines is 3. The van der Waals surface area contributed by atoms with Gasteiger partial charge in [-0.1, -0.05) is 213 Å². The fraction of sp³-hybridized carbons (Fsp3) is 0.0959. The number of hydrogen-bond acceptors (Lipinski definition) is 2. The first-order valence-corrected chi connectivity index (χ1v) is 27.0. The summed E-state index contributed by atoms with van der Waals surface area (Å²) in [6.45, 7) is 0. The highest BCUT2D eigenvalue weighted by Gasteiger charge is 2.52. The lowest BCUT2D eigenvalue weighted by molar-refractivity contribution is 0.353. The van der Waals surface area contributed by atoms with Crippen LogP contribution in [-0.2, 0) is 10.8 Å². The molecule has 0 bridgehead atoms. The van der Waals surface area contributed by atoms with Crippen molar-refractivity contribution in [1.82, 2.24) is 0 Å². The second-order valence-corrected chi connectivity index (χ2v) is 21.7. The summed E-state index contributed by atoms with van der Waals surface area (Å²) in [7, 11) is 0. The van der Waals surface area contributed by atoms with Crippen LogP contribution in [0.5, 0.6) is 0 Å². The lowest BCUT2D eigenvalue weighted by Crippen LogP contribution is -2.28. The summed E-state index contributed by atoms with van der Waals surface area (Å²) in [6.07, 6.45) is 6.07. The minimum absolute atomic E-state index is 0.0338. The van der Waals surface area contributed by atoms with Crippen LogP contribution in [-0.4, -0.2) is 0 Å². The van der Waals surface area contributed by atoms with Gasteiger partial charge in [0.15, 0.2) is 0 Å². The van der Waals surface area contributed by atoms with Crippen molar-refractivity contribution in [3.63, 3.8) is 0 Å². The molecule has 2 spiro atoms. The molecule has 17 rings (SSSR count). The van der Waals surface area contributed by atoms with Crippen molar-refractivity contribution in [2.45, 2.75) is 42.9 Å². The van der Waals surface area contributed by atoms with Crippen LogP contribution in [0.3, 0.4) is 0 Å². The van der Waals surface area contributed by atoms with Crippen LogP contribution < -0.4 is 4.90 Å². The molecule has 13 aromatic rings. The second-order valence-electron chi connectivity index (χ2n) is 21.7. The summed E-state index contributed by atoms with van der Waals surface area (Å²) in [6, 6.07) is 89.9. The Morgan fingerprint density at radius 1 is 0.293 bits per heavy atom. The van der Waals surface area contributed by atoms with E-state index in [9.17, 15) is 0 Å². The van der Waals surface area contributed by atoms with Gasteiger partial charge >= 0.3 is 0 Å². The molecule has 12 aromatic carbocycles. The van der Waals surface area contributed by atoms with E-state index in [2.05, 4.69) is 241 Å². The third-order valence-corrected chi connectivity index (χ3v) is 18.3. The molecule has 0 saturated heterocycles. The number of rotatable bonds is 4. The maximum Gasteiger partial charge on any atom is 0.143 e. The predicted octanol–water partition coefficient (Wildman–Crippen LogP) is 19.8. The molecular weight excluding hydrogens is 907 g/mol. The Morgan fingerprint density at radius 2 is 0.773 bits per heavy atom. The highest BCUT2D eigenvalue weighted by atomic mass is 16.3. The van der Waals surface area contributed by atoms with E-state index in [1.54, 1.807) is 0 Å². The van der Waals surface area contributed by atoms with Crippen molar-refractivity contribution in [2.24, 2.45) is 0 Å². The van der Waals surface area contributed by atoms with Crippen molar-refractivity contribution in [3.8, 4) is 44.5 Å².